The second kappa shape index (κ2) is 14.2. The van der Waals surface area contributed by atoms with Gasteiger partial charge in [-0.3, -0.25) is 9.59 Å². The molecule has 0 bridgehead atoms. The Morgan fingerprint density at radius 2 is 2.04 bits per heavy atom. The summed E-state index contributed by atoms with van der Waals surface area (Å²) in [5, 5.41) is 2.66. The van der Waals surface area contributed by atoms with Crippen molar-refractivity contribution in [2.75, 3.05) is 26.3 Å². The van der Waals surface area contributed by atoms with Crippen molar-refractivity contribution in [1.82, 2.24) is 5.32 Å². The molecule has 0 spiro atoms. The van der Waals surface area contributed by atoms with Gasteiger partial charge in [-0.2, -0.15) is 0 Å². The van der Waals surface area contributed by atoms with Crippen molar-refractivity contribution >= 4 is 49.3 Å². The second-order valence-corrected chi connectivity index (χ2v) is 6.15. The van der Waals surface area contributed by atoms with Crippen LogP contribution in [0.25, 0.3) is 0 Å². The minimum absolute atomic E-state index is 0. The number of carbonyl (C=O) groups excluding carboxylic acids is 2. The van der Waals surface area contributed by atoms with Gasteiger partial charge in [0.1, 0.15) is 0 Å². The van der Waals surface area contributed by atoms with Crippen molar-refractivity contribution in [3.8, 4) is 0 Å². The van der Waals surface area contributed by atoms with Gasteiger partial charge in [-0.25, -0.2) is 14.3 Å². The van der Waals surface area contributed by atoms with Crippen molar-refractivity contribution in [1.29, 1.82) is 0 Å². The third-order valence-electron chi connectivity index (χ3n) is 2.77. The van der Waals surface area contributed by atoms with E-state index in [9.17, 15) is 14.2 Å². The van der Waals surface area contributed by atoms with Crippen LogP contribution in [0.5, 0.6) is 0 Å². The molecule has 1 amide bonds. The summed E-state index contributed by atoms with van der Waals surface area (Å²) in [5.41, 5.74) is 5.15. The molecule has 3 N–H and O–H groups in total. The molecule has 0 aliphatic carbocycles. The second-order valence-electron chi connectivity index (χ2n) is 4.78. The quantitative estimate of drug-likeness (QED) is 0.184. The summed E-state index contributed by atoms with van der Waals surface area (Å²) in [6.45, 7) is 0.828. The maximum atomic E-state index is 11.9. The minimum atomic E-state index is -4.17. The Bertz CT molecular complexity index is 426. The van der Waals surface area contributed by atoms with Crippen LogP contribution in [0, 0.1) is 0 Å². The Hall–Kier alpha value is -0.0300. The van der Waals surface area contributed by atoms with Crippen LogP contribution in [-0.2, 0) is 37.8 Å². The molecule has 1 fully saturated rings. The Kier molecular flexibility index (Phi) is 14.2. The van der Waals surface area contributed by atoms with Crippen molar-refractivity contribution in [3.05, 3.63) is 0 Å². The van der Waals surface area contributed by atoms with Crippen LogP contribution in [0.1, 0.15) is 38.5 Å². The summed E-state index contributed by atoms with van der Waals surface area (Å²) in [6.07, 6.45) is 3.63. The summed E-state index contributed by atoms with van der Waals surface area (Å²) in [6, 6.07) is 0. The molecule has 12 heteroatoms. The SMILES string of the molecule is NCC(=O)NCCCCCCOOP1(=O)OOCCCC(=O)O1.[Na]. The largest absolute Gasteiger partial charge is 0.587 e. The van der Waals surface area contributed by atoms with Gasteiger partial charge in [-0.1, -0.05) is 12.8 Å². The Balaban J connectivity index is 0.00000529. The van der Waals surface area contributed by atoms with E-state index in [1.165, 1.54) is 0 Å². The van der Waals surface area contributed by atoms with Crippen molar-refractivity contribution in [2.45, 2.75) is 38.5 Å². The number of hydrogen-bond acceptors (Lipinski definition) is 9. The van der Waals surface area contributed by atoms with E-state index in [1.54, 1.807) is 0 Å². The first-order chi connectivity index (χ1) is 11.1. The molecule has 135 valence electrons. The van der Waals surface area contributed by atoms with Crippen LogP contribution >= 0.6 is 7.82 Å². The average Bonchev–Trinajstić information content (AvgIpc) is 2.51. The van der Waals surface area contributed by atoms with Crippen molar-refractivity contribution in [2.24, 2.45) is 5.73 Å². The van der Waals surface area contributed by atoms with Gasteiger partial charge in [0, 0.05) is 42.5 Å². The fraction of sp³-hybridized carbons (Fsp3) is 0.833. The zero-order valence-corrected chi connectivity index (χ0v) is 16.8. The monoisotopic (exact) mass is 377 g/mol. The van der Waals surface area contributed by atoms with E-state index in [0.717, 1.165) is 19.3 Å². The number of phosphoric acid groups is 1. The maximum absolute atomic E-state index is 11.9. The maximum Gasteiger partial charge on any atom is 0.587 e. The molecule has 1 aliphatic rings. The third kappa shape index (κ3) is 11.5. The first-order valence-corrected chi connectivity index (χ1v) is 8.93. The standard InChI is InChI=1S/C12H23N2O8P.Na/c13-10-11(15)14-7-3-1-2-4-8-18-21-23(17)20-12(16)6-5-9-19-22-23;/h1-10,13H2,(H,14,15);. The molecule has 1 atom stereocenters. The van der Waals surface area contributed by atoms with Crippen molar-refractivity contribution in [3.63, 3.8) is 0 Å². The summed E-state index contributed by atoms with van der Waals surface area (Å²) in [4.78, 5) is 31.5. The summed E-state index contributed by atoms with van der Waals surface area (Å²) in [7, 11) is -4.17. The van der Waals surface area contributed by atoms with Crippen LogP contribution in [0.3, 0.4) is 0 Å². The molecule has 1 heterocycles. The van der Waals surface area contributed by atoms with E-state index in [1.807, 2.05) is 0 Å². The molecular weight excluding hydrogens is 354 g/mol. The van der Waals surface area contributed by atoms with Crippen LogP contribution < -0.4 is 11.1 Å². The average molecular weight is 377 g/mol. The summed E-state index contributed by atoms with van der Waals surface area (Å²) >= 11 is 0. The van der Waals surface area contributed by atoms with E-state index in [2.05, 4.69) is 24.1 Å². The Morgan fingerprint density at radius 1 is 1.29 bits per heavy atom. The molecule has 1 rings (SSSR count). The van der Waals surface area contributed by atoms with Crippen molar-refractivity contribution < 1.29 is 37.8 Å². The fourth-order valence-electron chi connectivity index (χ4n) is 1.63. The van der Waals surface area contributed by atoms with Gasteiger partial charge in [-0.15, -0.1) is 9.35 Å². The molecule has 1 unspecified atom stereocenters. The Morgan fingerprint density at radius 3 is 2.79 bits per heavy atom. The molecule has 1 radical (unpaired) electrons. The van der Waals surface area contributed by atoms with E-state index in [0.29, 0.717) is 19.4 Å². The van der Waals surface area contributed by atoms with E-state index in [4.69, 9.17) is 10.6 Å². The van der Waals surface area contributed by atoms with Gasteiger partial charge >= 0.3 is 13.8 Å². The smallest absolute Gasteiger partial charge is 0.368 e. The number of nitrogens with one attached hydrogen (secondary N) is 1. The molecule has 24 heavy (non-hydrogen) atoms. The van der Waals surface area contributed by atoms with Crippen LogP contribution in [0.2, 0.25) is 0 Å². The molecule has 1 saturated heterocycles. The number of rotatable bonds is 10. The van der Waals surface area contributed by atoms with Crippen LogP contribution in [-0.4, -0.2) is 67.7 Å². The predicted molar refractivity (Wildman–Crippen MR) is 83.3 cm³/mol. The number of unbranched alkanes of at least 4 members (excludes halogenated alkanes) is 3. The zero-order valence-electron chi connectivity index (χ0n) is 13.9. The van der Waals surface area contributed by atoms with Gasteiger partial charge in [0.25, 0.3) is 0 Å². The molecule has 0 aromatic rings. The molecular formula is C12H23N2NaO8P. The fourth-order valence-corrected chi connectivity index (χ4v) is 2.47. The van der Waals surface area contributed by atoms with Gasteiger partial charge < -0.3 is 15.6 Å². The topological polar surface area (TPSA) is 135 Å². The first-order valence-electron chi connectivity index (χ1n) is 7.47. The number of amides is 1. The minimum Gasteiger partial charge on any atom is -0.368 e. The summed E-state index contributed by atoms with van der Waals surface area (Å²) < 4.78 is 25.4. The van der Waals surface area contributed by atoms with Crippen LogP contribution in [0.4, 0.5) is 0 Å². The zero-order chi connectivity index (χ0) is 17.0. The van der Waals surface area contributed by atoms with Crippen LogP contribution in [0.15, 0.2) is 0 Å². The first kappa shape index (κ1) is 24.0. The Labute approximate surface area is 162 Å². The number of carbonyl (C=O) groups is 2. The van der Waals surface area contributed by atoms with E-state index < -0.39 is 13.8 Å². The predicted octanol–water partition coefficient (Wildman–Crippen LogP) is 0.582. The molecule has 10 nitrogen and oxygen atoms in total. The molecule has 0 saturated carbocycles. The van der Waals surface area contributed by atoms with E-state index >= 15 is 0 Å². The van der Waals surface area contributed by atoms with Gasteiger partial charge in [0.15, 0.2) is 0 Å². The molecule has 0 aromatic carbocycles. The number of nitrogens with two attached hydrogens (primary N) is 1. The van der Waals surface area contributed by atoms with Gasteiger partial charge in [-0.05, 0) is 19.3 Å². The van der Waals surface area contributed by atoms with Gasteiger partial charge in [0.2, 0.25) is 5.91 Å². The molecule has 0 aromatic heterocycles. The van der Waals surface area contributed by atoms with E-state index in [-0.39, 0.29) is 61.6 Å². The van der Waals surface area contributed by atoms with Gasteiger partial charge in [0.05, 0.1) is 19.8 Å². The summed E-state index contributed by atoms with van der Waals surface area (Å²) in [5.74, 6) is -0.873. The molecule has 1 aliphatic heterocycles. The number of hydrogen-bond donors (Lipinski definition) is 2. The normalized spacial score (nSPS) is 21.1. The third-order valence-corrected chi connectivity index (χ3v) is 3.78.